The molecule has 2 aromatic rings. The van der Waals surface area contributed by atoms with Crippen molar-refractivity contribution in [3.63, 3.8) is 0 Å². The van der Waals surface area contributed by atoms with Crippen LogP contribution in [-0.2, 0) is 23.9 Å². The largest absolute Gasteiger partial charge is 0.423 e. The van der Waals surface area contributed by atoms with Crippen molar-refractivity contribution in [1.29, 1.82) is 0 Å². The minimum Gasteiger partial charge on any atom is -0.423 e. The molecule has 0 bridgehead atoms. The minimum atomic E-state index is -1.07. The van der Waals surface area contributed by atoms with Crippen molar-refractivity contribution >= 4 is 35.8 Å². The molecule has 0 radical (unpaired) electrons. The molecule has 2 atom stereocenters. The second-order valence-electron chi connectivity index (χ2n) is 8.30. The normalized spacial score (nSPS) is 23.3. The van der Waals surface area contributed by atoms with Gasteiger partial charge in [0.1, 0.15) is 16.9 Å². The molecule has 2 unspecified atom stereocenters. The Morgan fingerprint density at radius 2 is 1.43 bits per heavy atom. The van der Waals surface area contributed by atoms with Crippen molar-refractivity contribution < 1.29 is 47.7 Å². The highest BCUT2D eigenvalue weighted by atomic mass is 16.6. The number of rotatable bonds is 4. The summed E-state index contributed by atoms with van der Waals surface area (Å²) in [6.45, 7) is 0. The summed E-state index contributed by atoms with van der Waals surface area (Å²) >= 11 is 0. The zero-order valence-electron chi connectivity index (χ0n) is 17.6. The average Bonchev–Trinajstić information content (AvgIpc) is 3.48. The van der Waals surface area contributed by atoms with Crippen LogP contribution >= 0.6 is 0 Å². The molecular weight excluding hydrogens is 460 g/mol. The highest BCUT2D eigenvalue weighted by Crippen LogP contribution is 2.66. The number of carbonyl (C=O) groups is 6. The molecule has 2 heterocycles. The molecule has 10 nitrogen and oxygen atoms in total. The van der Waals surface area contributed by atoms with Crippen molar-refractivity contribution in [3.05, 3.63) is 82.5 Å². The maximum atomic E-state index is 12.7. The number of hydrogen-bond acceptors (Lipinski definition) is 10. The number of benzene rings is 2. The van der Waals surface area contributed by atoms with E-state index < -0.39 is 47.1 Å². The first-order valence-corrected chi connectivity index (χ1v) is 10.4. The summed E-state index contributed by atoms with van der Waals surface area (Å²) in [6, 6.07) is 9.52. The number of ether oxygens (including phenoxy) is 4. The Morgan fingerprint density at radius 3 is 2.14 bits per heavy atom. The Kier molecular flexibility index (Phi) is 4.19. The van der Waals surface area contributed by atoms with Gasteiger partial charge >= 0.3 is 35.8 Å². The zero-order chi connectivity index (χ0) is 24.5. The molecule has 35 heavy (non-hydrogen) atoms. The molecule has 10 heteroatoms. The predicted octanol–water partition coefficient (Wildman–Crippen LogP) is 2.08. The fourth-order valence-corrected chi connectivity index (χ4v) is 4.52. The van der Waals surface area contributed by atoms with E-state index in [0.29, 0.717) is 6.42 Å². The first kappa shape index (κ1) is 20.7. The summed E-state index contributed by atoms with van der Waals surface area (Å²) in [5, 5.41) is 0. The lowest BCUT2D eigenvalue weighted by atomic mass is 9.88. The third-order valence-corrected chi connectivity index (χ3v) is 6.38. The summed E-state index contributed by atoms with van der Waals surface area (Å²) in [5.74, 6) is -4.52. The molecular formula is C25H12O10. The summed E-state index contributed by atoms with van der Waals surface area (Å²) in [5.41, 5.74) is -0.430. The van der Waals surface area contributed by atoms with E-state index in [1.54, 1.807) is 0 Å². The van der Waals surface area contributed by atoms with Crippen molar-refractivity contribution in [2.45, 2.75) is 6.42 Å². The fraction of sp³-hybridized carbons (Fsp3) is 0.120. The topological polar surface area (TPSA) is 139 Å². The summed E-state index contributed by atoms with van der Waals surface area (Å²) in [4.78, 5) is 72.1. The molecule has 2 fully saturated rings. The van der Waals surface area contributed by atoms with Gasteiger partial charge in [-0.3, -0.25) is 4.79 Å². The maximum Gasteiger partial charge on any atom is 0.346 e. The van der Waals surface area contributed by atoms with Gasteiger partial charge in [0.25, 0.3) is 0 Å². The van der Waals surface area contributed by atoms with Gasteiger partial charge in [-0.15, -0.1) is 0 Å². The molecule has 1 saturated heterocycles. The standard InChI is InChI=1S/C25H12O10/c26-19(11-1-6-14-16(9-11)22(29)34-20(14)27)32-12-2-4-13(5-3-12)33-21(28)15-7-8-17-23(30)35-24(31)25(17)10-18(15)25/h1-9,18H,10H2. The second-order valence-corrected chi connectivity index (χ2v) is 8.30. The molecule has 172 valence electrons. The first-order valence-electron chi connectivity index (χ1n) is 10.4. The van der Waals surface area contributed by atoms with E-state index in [1.165, 1.54) is 54.6 Å². The Hall–Kier alpha value is -4.86. The molecule has 0 N–H and O–H groups in total. The van der Waals surface area contributed by atoms with Gasteiger partial charge in [-0.1, -0.05) is 12.2 Å². The van der Waals surface area contributed by atoms with Crippen LogP contribution < -0.4 is 9.47 Å². The van der Waals surface area contributed by atoms with E-state index >= 15 is 0 Å². The van der Waals surface area contributed by atoms with Crippen LogP contribution in [0.25, 0.3) is 0 Å². The maximum absolute atomic E-state index is 12.7. The predicted molar refractivity (Wildman–Crippen MR) is 111 cm³/mol. The van der Waals surface area contributed by atoms with Gasteiger partial charge in [0, 0.05) is 11.5 Å². The van der Waals surface area contributed by atoms with Gasteiger partial charge in [-0.2, -0.15) is 0 Å². The van der Waals surface area contributed by atoms with E-state index in [2.05, 4.69) is 4.74 Å². The number of hydrogen-bond donors (Lipinski definition) is 0. The number of cyclic esters (lactones) is 4. The number of fused-ring (bicyclic) bond motifs is 1. The second kappa shape index (κ2) is 7.07. The fourth-order valence-electron chi connectivity index (χ4n) is 4.52. The van der Waals surface area contributed by atoms with Crippen LogP contribution in [0.3, 0.4) is 0 Å². The molecule has 0 amide bonds. The van der Waals surface area contributed by atoms with Crippen LogP contribution in [0.4, 0.5) is 0 Å². The van der Waals surface area contributed by atoms with Crippen LogP contribution in [0.2, 0.25) is 0 Å². The van der Waals surface area contributed by atoms with E-state index in [-0.39, 0.29) is 39.3 Å². The Balaban J connectivity index is 1.12. The summed E-state index contributed by atoms with van der Waals surface area (Å²) < 4.78 is 19.8. The Labute approximate surface area is 195 Å². The van der Waals surface area contributed by atoms with Crippen LogP contribution in [-0.4, -0.2) is 35.8 Å². The van der Waals surface area contributed by atoms with Crippen molar-refractivity contribution in [1.82, 2.24) is 0 Å². The number of allylic oxidation sites excluding steroid dienone is 2. The molecule has 0 aromatic heterocycles. The molecule has 4 aliphatic rings. The van der Waals surface area contributed by atoms with Crippen LogP contribution in [0.15, 0.2) is 65.8 Å². The molecule has 2 aliphatic carbocycles. The van der Waals surface area contributed by atoms with Gasteiger partial charge in [0.05, 0.1) is 22.3 Å². The quantitative estimate of drug-likeness (QED) is 0.369. The first-order chi connectivity index (χ1) is 16.8. The van der Waals surface area contributed by atoms with E-state index in [1.807, 2.05) is 0 Å². The van der Waals surface area contributed by atoms with Crippen LogP contribution in [0, 0.1) is 11.3 Å². The lowest BCUT2D eigenvalue weighted by molar-refractivity contribution is -0.153. The van der Waals surface area contributed by atoms with Gasteiger partial charge < -0.3 is 18.9 Å². The smallest absolute Gasteiger partial charge is 0.346 e. The average molecular weight is 472 g/mol. The number of carbonyl (C=O) groups excluding carboxylic acids is 6. The molecule has 6 rings (SSSR count). The highest BCUT2D eigenvalue weighted by Gasteiger charge is 2.72. The highest BCUT2D eigenvalue weighted by molar-refractivity contribution is 6.16. The van der Waals surface area contributed by atoms with Gasteiger partial charge in [-0.25, -0.2) is 24.0 Å². The molecule has 1 spiro atoms. The van der Waals surface area contributed by atoms with Gasteiger partial charge in [-0.05, 0) is 48.9 Å². The van der Waals surface area contributed by atoms with Crippen molar-refractivity contribution in [3.8, 4) is 11.5 Å². The lowest BCUT2D eigenvalue weighted by Gasteiger charge is -2.13. The Bertz CT molecular complexity index is 1480. The monoisotopic (exact) mass is 472 g/mol. The molecule has 2 aliphatic heterocycles. The van der Waals surface area contributed by atoms with E-state index in [0.717, 1.165) is 0 Å². The summed E-state index contributed by atoms with van der Waals surface area (Å²) in [7, 11) is 0. The van der Waals surface area contributed by atoms with Crippen molar-refractivity contribution in [2.24, 2.45) is 11.3 Å². The van der Waals surface area contributed by atoms with Crippen LogP contribution in [0.5, 0.6) is 11.5 Å². The lowest BCUT2D eigenvalue weighted by Crippen LogP contribution is -2.21. The molecule has 1 saturated carbocycles. The number of esters is 6. The van der Waals surface area contributed by atoms with Gasteiger partial charge in [0.2, 0.25) is 0 Å². The third-order valence-electron chi connectivity index (χ3n) is 6.38. The van der Waals surface area contributed by atoms with Gasteiger partial charge in [0.15, 0.2) is 0 Å². The molecule has 2 aromatic carbocycles. The van der Waals surface area contributed by atoms with Crippen molar-refractivity contribution in [2.75, 3.05) is 0 Å². The minimum absolute atomic E-state index is 0.0154. The van der Waals surface area contributed by atoms with E-state index in [4.69, 9.17) is 14.2 Å². The Morgan fingerprint density at radius 1 is 0.771 bits per heavy atom. The summed E-state index contributed by atoms with van der Waals surface area (Å²) in [6.07, 6.45) is 3.20. The SMILES string of the molecule is O=C(Oc1ccc(OC(=O)c2ccc3c(c2)C(=O)OC3=O)cc1)C1=CC=C2C(=O)OC(=O)C23CC13. The third kappa shape index (κ3) is 3.03. The zero-order valence-corrected chi connectivity index (χ0v) is 17.6. The van der Waals surface area contributed by atoms with Crippen LogP contribution in [0.1, 0.15) is 37.5 Å². The van der Waals surface area contributed by atoms with E-state index in [9.17, 15) is 28.8 Å².